The van der Waals surface area contributed by atoms with Crippen LogP contribution in [-0.2, 0) is 0 Å². The fourth-order valence-corrected chi connectivity index (χ4v) is 6.82. The molecule has 0 saturated heterocycles. The molecule has 0 N–H and O–H groups in total. The molecule has 1 aromatic heterocycles. The number of hydrogen-bond donors (Lipinski definition) is 0. The van der Waals surface area contributed by atoms with Gasteiger partial charge in [-0.15, -0.1) is 6.58 Å². The zero-order valence-corrected chi connectivity index (χ0v) is 31.6. The number of methoxy groups -OCH3 is 1. The van der Waals surface area contributed by atoms with E-state index in [9.17, 15) is 0 Å². The maximum absolute atomic E-state index is 6.39. The third kappa shape index (κ3) is 13.6. The quantitative estimate of drug-likeness (QED) is 0.0612. The van der Waals surface area contributed by atoms with Gasteiger partial charge in [-0.3, -0.25) is 0 Å². The monoisotopic (exact) mass is 645 g/mol. The molecule has 0 fully saturated rings. The number of allylic oxidation sites excluding steroid dienone is 5. The van der Waals surface area contributed by atoms with Gasteiger partial charge in [-0.1, -0.05) is 110 Å². The fraction of sp³-hybridized carbons (Fsp3) is 0.591. The molecule has 3 unspecified atom stereocenters. The fourth-order valence-electron chi connectivity index (χ4n) is 6.82. The van der Waals surface area contributed by atoms with Gasteiger partial charge in [0.05, 0.1) is 13.7 Å². The highest BCUT2D eigenvalue weighted by Gasteiger charge is 2.22. The minimum absolute atomic E-state index is 0.313. The van der Waals surface area contributed by atoms with Crippen LogP contribution in [-0.4, -0.2) is 13.7 Å². The average molecular weight is 645 g/mol. The molecule has 262 valence electrons. The van der Waals surface area contributed by atoms with Crippen molar-refractivity contribution in [2.45, 2.75) is 138 Å². The van der Waals surface area contributed by atoms with Crippen LogP contribution in [0.1, 0.15) is 153 Å². The molecule has 0 bridgehead atoms. The van der Waals surface area contributed by atoms with E-state index in [1.54, 1.807) is 7.11 Å². The molecule has 0 spiro atoms. The van der Waals surface area contributed by atoms with Crippen molar-refractivity contribution >= 4 is 16.7 Å². The van der Waals surface area contributed by atoms with Crippen LogP contribution >= 0.6 is 0 Å². The molecule has 0 radical (unpaired) electrons. The molecule has 1 aromatic carbocycles. The summed E-state index contributed by atoms with van der Waals surface area (Å²) in [6.45, 7) is 29.0. The molecule has 0 aliphatic heterocycles. The second-order valence-electron chi connectivity index (χ2n) is 14.1. The molecular formula is C44H68O3. The van der Waals surface area contributed by atoms with Gasteiger partial charge in [0.25, 0.3) is 0 Å². The summed E-state index contributed by atoms with van der Waals surface area (Å²) in [6.07, 6.45) is 21.5. The lowest BCUT2D eigenvalue weighted by Gasteiger charge is -2.24. The lowest BCUT2D eigenvalue weighted by Crippen LogP contribution is -2.08. The Morgan fingerprint density at radius 1 is 0.809 bits per heavy atom. The molecule has 0 aliphatic rings. The van der Waals surface area contributed by atoms with Crippen molar-refractivity contribution in [2.24, 2.45) is 17.8 Å². The Morgan fingerprint density at radius 2 is 1.51 bits per heavy atom. The molecule has 3 atom stereocenters. The first-order valence-corrected chi connectivity index (χ1v) is 18.7. The SMILES string of the molecule is C=CCCCC(CCC)CCC(C)/C(=C/C(=C)c1cc(C)oc1C)c1cc(OC)c(OCCCCC(C)CCCCC)cc1C(=C)C. The molecule has 47 heavy (non-hydrogen) atoms. The standard InChI is InChI=1S/C44H68O3/c1-12-15-17-22-33(6)23-19-20-27-46-44-30-39(32(4)5)42(31-43(44)45-11)41(28-35(8)40-29-36(9)47-37(40)10)34(7)25-26-38(21-14-3)24-18-16-13-2/h13,28-31,33-34,38H,2,4,8,12,14-27H2,1,3,5-7,9-11H3/b41-28-. The van der Waals surface area contributed by atoms with Crippen LogP contribution in [0.4, 0.5) is 0 Å². The Hall–Kier alpha value is -2.94. The van der Waals surface area contributed by atoms with Crippen molar-refractivity contribution in [3.63, 3.8) is 0 Å². The predicted molar refractivity (Wildman–Crippen MR) is 206 cm³/mol. The lowest BCUT2D eigenvalue weighted by molar-refractivity contribution is 0.280. The van der Waals surface area contributed by atoms with Crippen LogP contribution in [0.5, 0.6) is 11.5 Å². The van der Waals surface area contributed by atoms with Crippen molar-refractivity contribution in [1.82, 2.24) is 0 Å². The van der Waals surface area contributed by atoms with Gasteiger partial charge >= 0.3 is 0 Å². The van der Waals surface area contributed by atoms with Crippen molar-refractivity contribution in [2.75, 3.05) is 13.7 Å². The zero-order chi connectivity index (χ0) is 34.8. The number of unbranched alkanes of at least 4 members (excludes halogenated alkanes) is 4. The smallest absolute Gasteiger partial charge is 0.161 e. The van der Waals surface area contributed by atoms with E-state index >= 15 is 0 Å². The van der Waals surface area contributed by atoms with E-state index in [0.29, 0.717) is 12.5 Å². The van der Waals surface area contributed by atoms with Gasteiger partial charge in [-0.25, -0.2) is 0 Å². The summed E-state index contributed by atoms with van der Waals surface area (Å²) in [4.78, 5) is 0. The van der Waals surface area contributed by atoms with Gasteiger partial charge in [0.2, 0.25) is 0 Å². The Balaban J connectivity index is 2.38. The number of benzene rings is 1. The summed E-state index contributed by atoms with van der Waals surface area (Å²) in [7, 11) is 1.74. The van der Waals surface area contributed by atoms with Crippen LogP contribution in [0, 0.1) is 31.6 Å². The molecule has 0 aliphatic carbocycles. The first kappa shape index (κ1) is 40.2. The molecule has 3 nitrogen and oxygen atoms in total. The largest absolute Gasteiger partial charge is 0.493 e. The third-order valence-corrected chi connectivity index (χ3v) is 9.70. The first-order chi connectivity index (χ1) is 22.6. The minimum Gasteiger partial charge on any atom is -0.493 e. The van der Waals surface area contributed by atoms with Crippen molar-refractivity contribution in [3.05, 3.63) is 78.3 Å². The van der Waals surface area contributed by atoms with E-state index < -0.39 is 0 Å². The number of rotatable bonds is 25. The van der Waals surface area contributed by atoms with Gasteiger partial charge in [0.1, 0.15) is 11.5 Å². The van der Waals surface area contributed by atoms with Gasteiger partial charge in [-0.05, 0) is 118 Å². The Bertz CT molecular complexity index is 1280. The van der Waals surface area contributed by atoms with E-state index in [1.165, 1.54) is 76.2 Å². The second-order valence-corrected chi connectivity index (χ2v) is 14.1. The van der Waals surface area contributed by atoms with E-state index in [-0.39, 0.29) is 0 Å². The average Bonchev–Trinajstić information content (AvgIpc) is 3.39. The van der Waals surface area contributed by atoms with Crippen molar-refractivity contribution in [1.29, 1.82) is 0 Å². The van der Waals surface area contributed by atoms with Crippen molar-refractivity contribution in [3.8, 4) is 11.5 Å². The second kappa shape index (κ2) is 21.8. The summed E-state index contributed by atoms with van der Waals surface area (Å²) < 4.78 is 18.3. The molecule has 0 saturated carbocycles. The molecule has 1 heterocycles. The first-order valence-electron chi connectivity index (χ1n) is 18.7. The maximum atomic E-state index is 6.39. The summed E-state index contributed by atoms with van der Waals surface area (Å²) in [6, 6.07) is 6.41. The van der Waals surface area contributed by atoms with Crippen molar-refractivity contribution < 1.29 is 13.9 Å². The molecule has 2 rings (SSSR count). The minimum atomic E-state index is 0.313. The van der Waals surface area contributed by atoms with Gasteiger partial charge in [-0.2, -0.15) is 0 Å². The van der Waals surface area contributed by atoms with E-state index in [0.717, 1.165) is 82.0 Å². The number of ether oxygens (including phenoxy) is 2. The Kier molecular flexibility index (Phi) is 18.7. The normalized spacial score (nSPS) is 13.7. The number of aryl methyl sites for hydroxylation is 2. The maximum Gasteiger partial charge on any atom is 0.161 e. The molecule has 3 heteroatoms. The van der Waals surface area contributed by atoms with E-state index in [4.69, 9.17) is 13.9 Å². The third-order valence-electron chi connectivity index (χ3n) is 9.70. The Morgan fingerprint density at radius 3 is 2.11 bits per heavy atom. The predicted octanol–water partition coefficient (Wildman–Crippen LogP) is 14.0. The highest BCUT2D eigenvalue weighted by Crippen LogP contribution is 2.41. The number of furan rings is 1. The summed E-state index contributed by atoms with van der Waals surface area (Å²) in [5.74, 6) is 5.20. The van der Waals surface area contributed by atoms with E-state index in [1.807, 2.05) is 19.9 Å². The van der Waals surface area contributed by atoms with Crippen LogP contribution in [0.2, 0.25) is 0 Å². The summed E-state index contributed by atoms with van der Waals surface area (Å²) >= 11 is 0. The van der Waals surface area contributed by atoms with Crippen LogP contribution in [0.25, 0.3) is 16.7 Å². The van der Waals surface area contributed by atoms with Crippen LogP contribution < -0.4 is 9.47 Å². The summed E-state index contributed by atoms with van der Waals surface area (Å²) in [5.41, 5.74) is 6.55. The van der Waals surface area contributed by atoms with Gasteiger partial charge in [0, 0.05) is 5.56 Å². The molecule has 2 aromatic rings. The topological polar surface area (TPSA) is 31.6 Å². The van der Waals surface area contributed by atoms with E-state index in [2.05, 4.69) is 78.6 Å². The van der Waals surface area contributed by atoms with Crippen LogP contribution in [0.3, 0.4) is 0 Å². The summed E-state index contributed by atoms with van der Waals surface area (Å²) in [5, 5.41) is 0. The number of hydrogen-bond acceptors (Lipinski definition) is 3. The molecular weight excluding hydrogens is 576 g/mol. The van der Waals surface area contributed by atoms with Crippen LogP contribution in [0.15, 0.2) is 54.5 Å². The lowest BCUT2D eigenvalue weighted by atomic mass is 9.81. The van der Waals surface area contributed by atoms with Gasteiger partial charge in [0.15, 0.2) is 11.5 Å². The zero-order valence-electron chi connectivity index (χ0n) is 31.6. The highest BCUT2D eigenvalue weighted by atomic mass is 16.5. The Labute approximate surface area is 289 Å². The van der Waals surface area contributed by atoms with Gasteiger partial charge < -0.3 is 13.9 Å². The molecule has 0 amide bonds. The highest BCUT2D eigenvalue weighted by molar-refractivity contribution is 5.88.